The van der Waals surface area contributed by atoms with E-state index in [1.165, 1.54) is 19.3 Å². The number of rotatable bonds is 0. The molecule has 1 aliphatic carbocycles. The smallest absolute Gasteiger partial charge is 0.314 e. The van der Waals surface area contributed by atoms with Crippen molar-refractivity contribution in [1.82, 2.24) is 4.90 Å². The van der Waals surface area contributed by atoms with Crippen LogP contribution < -0.4 is 5.73 Å². The molecule has 3 nitrogen and oxygen atoms in total. The van der Waals surface area contributed by atoms with E-state index in [1.54, 1.807) is 4.90 Å². The fourth-order valence-corrected chi connectivity index (χ4v) is 2.60. The third kappa shape index (κ3) is 5.74. The Bertz CT molecular complexity index is 203. The van der Waals surface area contributed by atoms with Gasteiger partial charge < -0.3 is 10.6 Å². The van der Waals surface area contributed by atoms with Crippen LogP contribution in [0.3, 0.4) is 0 Å². The maximum atomic E-state index is 10.6. The Morgan fingerprint density at radius 1 is 1.17 bits per heavy atom. The van der Waals surface area contributed by atoms with E-state index in [1.807, 2.05) is 27.7 Å². The number of likely N-dealkylation sites (tertiary alicyclic amines) is 1. The number of hydrogen-bond donors (Lipinski definition) is 1. The average Bonchev–Trinajstić information content (AvgIpc) is 2.27. The molecule has 2 aliphatic rings. The lowest BCUT2D eigenvalue weighted by molar-refractivity contribution is -0.0633. The van der Waals surface area contributed by atoms with E-state index in [2.05, 4.69) is 20.8 Å². The van der Waals surface area contributed by atoms with E-state index in [9.17, 15) is 4.79 Å². The molecule has 0 aromatic rings. The summed E-state index contributed by atoms with van der Waals surface area (Å²) in [5.74, 6) is 0.866. The number of primary amides is 1. The van der Waals surface area contributed by atoms with Gasteiger partial charge in [0.25, 0.3) is 0 Å². The largest absolute Gasteiger partial charge is 0.351 e. The van der Waals surface area contributed by atoms with Crippen molar-refractivity contribution >= 4 is 6.03 Å². The molecule has 0 unspecified atom stereocenters. The van der Waals surface area contributed by atoms with Crippen LogP contribution in [0.5, 0.6) is 0 Å². The zero-order valence-corrected chi connectivity index (χ0v) is 13.5. The lowest BCUT2D eigenvalue weighted by Gasteiger charge is -2.58. The fourth-order valence-electron chi connectivity index (χ4n) is 2.60. The molecule has 1 heterocycles. The zero-order valence-electron chi connectivity index (χ0n) is 13.5. The van der Waals surface area contributed by atoms with Gasteiger partial charge in [-0.1, -0.05) is 54.9 Å². The number of carbonyl (C=O) groups is 1. The highest BCUT2D eigenvalue weighted by molar-refractivity contribution is 5.73. The Hall–Kier alpha value is -0.730. The third-order valence-electron chi connectivity index (χ3n) is 2.93. The summed E-state index contributed by atoms with van der Waals surface area (Å²) in [6, 6.07) is -0.254. The van der Waals surface area contributed by atoms with Crippen molar-refractivity contribution in [3.63, 3.8) is 0 Å². The predicted molar refractivity (Wildman–Crippen MR) is 80.6 cm³/mol. The van der Waals surface area contributed by atoms with Gasteiger partial charge in [0.2, 0.25) is 0 Å². The molecule has 2 amide bonds. The molecule has 18 heavy (non-hydrogen) atoms. The first-order chi connectivity index (χ1) is 8.53. The molecule has 0 aromatic carbocycles. The van der Waals surface area contributed by atoms with Gasteiger partial charge >= 0.3 is 6.03 Å². The summed E-state index contributed by atoms with van der Waals surface area (Å²) in [5, 5.41) is 0. The van der Waals surface area contributed by atoms with Gasteiger partial charge in [-0.05, 0) is 18.8 Å². The molecule has 110 valence electrons. The SMILES string of the molecule is CC.CC.CC1CC2(C1)CN(C(N)=O)C2.CCC. The molecule has 2 fully saturated rings. The Morgan fingerprint density at radius 3 is 1.72 bits per heavy atom. The second-order valence-electron chi connectivity index (χ2n) is 4.91. The molecular formula is C15H34N2O. The van der Waals surface area contributed by atoms with Crippen molar-refractivity contribution in [2.75, 3.05) is 13.1 Å². The number of carbonyl (C=O) groups excluding carboxylic acids is 1. The predicted octanol–water partition coefficient (Wildman–Crippen LogP) is 4.27. The summed E-state index contributed by atoms with van der Waals surface area (Å²) < 4.78 is 0. The van der Waals surface area contributed by atoms with Crippen LogP contribution in [0, 0.1) is 11.3 Å². The molecule has 0 atom stereocenters. The van der Waals surface area contributed by atoms with Crippen molar-refractivity contribution in [2.24, 2.45) is 17.1 Å². The van der Waals surface area contributed by atoms with E-state index >= 15 is 0 Å². The lowest BCUT2D eigenvalue weighted by atomic mass is 9.58. The highest BCUT2D eigenvalue weighted by atomic mass is 16.2. The summed E-state index contributed by atoms with van der Waals surface area (Å²) in [5.41, 5.74) is 5.61. The summed E-state index contributed by atoms with van der Waals surface area (Å²) in [6.07, 6.45) is 3.83. The molecule has 1 aliphatic heterocycles. The van der Waals surface area contributed by atoms with Crippen LogP contribution in [0.4, 0.5) is 4.79 Å². The summed E-state index contributed by atoms with van der Waals surface area (Å²) in [6.45, 7) is 16.3. The normalized spacial score (nSPS) is 18.7. The zero-order chi connectivity index (χ0) is 14.8. The van der Waals surface area contributed by atoms with Gasteiger partial charge in [-0.3, -0.25) is 0 Å². The molecule has 2 rings (SSSR count). The monoisotopic (exact) mass is 258 g/mol. The van der Waals surface area contributed by atoms with Gasteiger partial charge in [-0.15, -0.1) is 0 Å². The summed E-state index contributed by atoms with van der Waals surface area (Å²) in [7, 11) is 0. The average molecular weight is 258 g/mol. The standard InChI is InChI=1S/C8H14N2O.C3H8.2C2H6/c1-6-2-8(3-6)4-10(5-8)7(9)11;1-3-2;2*1-2/h6H,2-5H2,1H3,(H2,9,11);3H2,1-2H3;2*1-2H3. The first-order valence-corrected chi connectivity index (χ1v) is 7.57. The molecule has 0 radical (unpaired) electrons. The molecule has 3 heteroatoms. The molecule has 1 saturated carbocycles. The second kappa shape index (κ2) is 10.2. The fraction of sp³-hybridized carbons (Fsp3) is 0.933. The summed E-state index contributed by atoms with van der Waals surface area (Å²) in [4.78, 5) is 12.4. The molecule has 1 saturated heterocycles. The molecule has 1 spiro atoms. The van der Waals surface area contributed by atoms with E-state index in [-0.39, 0.29) is 6.03 Å². The Morgan fingerprint density at radius 2 is 1.50 bits per heavy atom. The number of nitrogens with two attached hydrogens (primary N) is 1. The quantitative estimate of drug-likeness (QED) is 0.693. The maximum Gasteiger partial charge on any atom is 0.314 e. The molecule has 0 aromatic heterocycles. The van der Waals surface area contributed by atoms with E-state index in [4.69, 9.17) is 5.73 Å². The Labute approximate surface area is 114 Å². The summed E-state index contributed by atoms with van der Waals surface area (Å²) >= 11 is 0. The van der Waals surface area contributed by atoms with Crippen LogP contribution in [-0.4, -0.2) is 24.0 Å². The van der Waals surface area contributed by atoms with Crippen LogP contribution in [0.1, 0.15) is 67.7 Å². The van der Waals surface area contributed by atoms with Crippen molar-refractivity contribution < 1.29 is 4.79 Å². The van der Waals surface area contributed by atoms with Crippen LogP contribution in [0.15, 0.2) is 0 Å². The van der Waals surface area contributed by atoms with Crippen molar-refractivity contribution in [3.05, 3.63) is 0 Å². The van der Waals surface area contributed by atoms with E-state index in [0.29, 0.717) is 5.41 Å². The van der Waals surface area contributed by atoms with Crippen LogP contribution >= 0.6 is 0 Å². The topological polar surface area (TPSA) is 46.3 Å². The third-order valence-corrected chi connectivity index (χ3v) is 2.93. The van der Waals surface area contributed by atoms with Gasteiger partial charge in [-0.25, -0.2) is 4.79 Å². The van der Waals surface area contributed by atoms with Gasteiger partial charge in [0.05, 0.1) is 0 Å². The number of hydrogen-bond acceptors (Lipinski definition) is 1. The van der Waals surface area contributed by atoms with Gasteiger partial charge in [-0.2, -0.15) is 0 Å². The first kappa shape index (κ1) is 19.6. The minimum Gasteiger partial charge on any atom is -0.351 e. The lowest BCUT2D eigenvalue weighted by Crippen LogP contribution is -2.64. The number of amides is 2. The van der Waals surface area contributed by atoms with Gasteiger partial charge in [0, 0.05) is 18.5 Å². The highest BCUT2D eigenvalue weighted by Crippen LogP contribution is 2.51. The van der Waals surface area contributed by atoms with Crippen molar-refractivity contribution in [2.45, 2.75) is 67.7 Å². The Balaban J connectivity index is 0. The second-order valence-corrected chi connectivity index (χ2v) is 4.91. The van der Waals surface area contributed by atoms with Gasteiger partial charge in [0.15, 0.2) is 0 Å². The van der Waals surface area contributed by atoms with E-state index in [0.717, 1.165) is 19.0 Å². The number of nitrogens with zero attached hydrogens (tertiary/aromatic N) is 1. The molecule has 0 bridgehead atoms. The van der Waals surface area contributed by atoms with Crippen LogP contribution in [-0.2, 0) is 0 Å². The van der Waals surface area contributed by atoms with Crippen LogP contribution in [0.25, 0.3) is 0 Å². The van der Waals surface area contributed by atoms with Gasteiger partial charge in [0.1, 0.15) is 0 Å². The highest BCUT2D eigenvalue weighted by Gasteiger charge is 2.51. The number of urea groups is 1. The first-order valence-electron chi connectivity index (χ1n) is 7.57. The van der Waals surface area contributed by atoms with Crippen molar-refractivity contribution in [3.8, 4) is 0 Å². The van der Waals surface area contributed by atoms with E-state index < -0.39 is 0 Å². The minimum atomic E-state index is -0.254. The van der Waals surface area contributed by atoms with Crippen LogP contribution in [0.2, 0.25) is 0 Å². The van der Waals surface area contributed by atoms with Crippen molar-refractivity contribution in [1.29, 1.82) is 0 Å². The minimum absolute atomic E-state index is 0.254. The Kier molecular flexibility index (Phi) is 11.1. The molecular weight excluding hydrogens is 224 g/mol. The molecule has 2 N–H and O–H groups in total. The maximum absolute atomic E-state index is 10.6.